The Kier molecular flexibility index (Phi) is 2.80. The Morgan fingerprint density at radius 2 is 2.07 bits per heavy atom. The molecular weight excluding hydrogens is 186 g/mol. The summed E-state index contributed by atoms with van der Waals surface area (Å²) >= 11 is 0. The molecule has 14 heavy (non-hydrogen) atoms. The number of carboxylic acids is 1. The molecule has 80 valence electrons. The van der Waals surface area contributed by atoms with E-state index in [1.807, 2.05) is 6.92 Å². The maximum atomic E-state index is 11.3. The summed E-state index contributed by atoms with van der Waals surface area (Å²) in [6.45, 7) is 2.87. The molecule has 1 aliphatic rings. The SMILES string of the molecule is CC1CC1C(=O)NCC(C)(O)C(=O)O. The van der Waals surface area contributed by atoms with E-state index in [1.54, 1.807) is 0 Å². The van der Waals surface area contributed by atoms with E-state index in [0.717, 1.165) is 13.3 Å². The fourth-order valence-electron chi connectivity index (χ4n) is 1.15. The Bertz CT molecular complexity index is 262. The van der Waals surface area contributed by atoms with E-state index in [9.17, 15) is 14.7 Å². The summed E-state index contributed by atoms with van der Waals surface area (Å²) in [4.78, 5) is 21.8. The molecule has 3 atom stereocenters. The van der Waals surface area contributed by atoms with Crippen LogP contribution in [0.1, 0.15) is 20.3 Å². The lowest BCUT2D eigenvalue weighted by atomic mass is 10.1. The molecule has 0 aliphatic heterocycles. The first-order valence-corrected chi connectivity index (χ1v) is 4.58. The number of rotatable bonds is 4. The molecule has 0 aromatic carbocycles. The van der Waals surface area contributed by atoms with Crippen LogP contribution in [0.15, 0.2) is 0 Å². The van der Waals surface area contributed by atoms with Crippen molar-refractivity contribution in [3.05, 3.63) is 0 Å². The molecule has 0 saturated heterocycles. The molecule has 5 heteroatoms. The summed E-state index contributed by atoms with van der Waals surface area (Å²) in [7, 11) is 0. The first-order valence-electron chi connectivity index (χ1n) is 4.58. The van der Waals surface area contributed by atoms with E-state index in [2.05, 4.69) is 5.32 Å². The molecule has 3 N–H and O–H groups in total. The summed E-state index contributed by atoms with van der Waals surface area (Å²) < 4.78 is 0. The van der Waals surface area contributed by atoms with Gasteiger partial charge in [-0.3, -0.25) is 4.79 Å². The quantitative estimate of drug-likeness (QED) is 0.577. The number of nitrogens with one attached hydrogen (secondary N) is 1. The molecule has 0 aromatic heterocycles. The molecule has 1 amide bonds. The van der Waals surface area contributed by atoms with Gasteiger partial charge in [-0.25, -0.2) is 4.79 Å². The monoisotopic (exact) mass is 201 g/mol. The first kappa shape index (κ1) is 11.0. The van der Waals surface area contributed by atoms with Gasteiger partial charge in [-0.1, -0.05) is 6.92 Å². The van der Waals surface area contributed by atoms with E-state index in [-0.39, 0.29) is 18.4 Å². The maximum Gasteiger partial charge on any atom is 0.337 e. The largest absolute Gasteiger partial charge is 0.479 e. The van der Waals surface area contributed by atoms with Gasteiger partial charge in [0.2, 0.25) is 5.91 Å². The van der Waals surface area contributed by atoms with Crippen molar-refractivity contribution >= 4 is 11.9 Å². The predicted octanol–water partition coefficient (Wildman–Crippen LogP) is -0.406. The lowest BCUT2D eigenvalue weighted by molar-refractivity contribution is -0.156. The van der Waals surface area contributed by atoms with Crippen molar-refractivity contribution < 1.29 is 19.8 Å². The highest BCUT2D eigenvalue weighted by atomic mass is 16.4. The van der Waals surface area contributed by atoms with Crippen LogP contribution in [0.2, 0.25) is 0 Å². The van der Waals surface area contributed by atoms with Gasteiger partial charge < -0.3 is 15.5 Å². The molecule has 0 heterocycles. The van der Waals surface area contributed by atoms with E-state index >= 15 is 0 Å². The van der Waals surface area contributed by atoms with Crippen LogP contribution in [0, 0.1) is 11.8 Å². The summed E-state index contributed by atoms with van der Waals surface area (Å²) in [5, 5.41) is 20.3. The maximum absolute atomic E-state index is 11.3. The molecule has 1 fully saturated rings. The molecule has 0 spiro atoms. The van der Waals surface area contributed by atoms with Crippen LogP contribution in [0.3, 0.4) is 0 Å². The van der Waals surface area contributed by atoms with Gasteiger partial charge in [-0.05, 0) is 19.3 Å². The number of aliphatic hydroxyl groups is 1. The number of amides is 1. The molecular formula is C9H15NO4. The van der Waals surface area contributed by atoms with Crippen molar-refractivity contribution in [2.24, 2.45) is 11.8 Å². The van der Waals surface area contributed by atoms with Gasteiger partial charge >= 0.3 is 5.97 Å². The minimum absolute atomic E-state index is 0.000375. The molecule has 0 radical (unpaired) electrons. The number of hydrogen-bond donors (Lipinski definition) is 3. The average molecular weight is 201 g/mol. The van der Waals surface area contributed by atoms with Gasteiger partial charge in [0.1, 0.15) is 0 Å². The molecule has 1 aliphatic carbocycles. The second-order valence-corrected chi connectivity index (χ2v) is 4.12. The second kappa shape index (κ2) is 3.57. The predicted molar refractivity (Wildman–Crippen MR) is 48.5 cm³/mol. The zero-order chi connectivity index (χ0) is 10.9. The Labute approximate surface area is 82.1 Å². The van der Waals surface area contributed by atoms with E-state index in [1.165, 1.54) is 0 Å². The van der Waals surface area contributed by atoms with E-state index in [4.69, 9.17) is 5.11 Å². The van der Waals surface area contributed by atoms with Gasteiger partial charge in [0.05, 0.1) is 6.54 Å². The van der Waals surface area contributed by atoms with Crippen LogP contribution in [0.25, 0.3) is 0 Å². The van der Waals surface area contributed by atoms with E-state index in [0.29, 0.717) is 5.92 Å². The van der Waals surface area contributed by atoms with Crippen molar-refractivity contribution in [3.63, 3.8) is 0 Å². The van der Waals surface area contributed by atoms with Crippen LogP contribution in [0.4, 0.5) is 0 Å². The Morgan fingerprint density at radius 1 is 1.57 bits per heavy atom. The Balaban J connectivity index is 2.33. The highest BCUT2D eigenvalue weighted by Gasteiger charge is 2.40. The number of carbonyl (C=O) groups excluding carboxylic acids is 1. The molecule has 0 aromatic rings. The van der Waals surface area contributed by atoms with Gasteiger partial charge in [-0.2, -0.15) is 0 Å². The summed E-state index contributed by atoms with van der Waals surface area (Å²) in [5.41, 5.74) is -1.88. The normalized spacial score (nSPS) is 29.1. The summed E-state index contributed by atoms with van der Waals surface area (Å²) in [6, 6.07) is 0. The topological polar surface area (TPSA) is 86.6 Å². The standard InChI is InChI=1S/C9H15NO4/c1-5-3-6(5)7(11)10-4-9(2,14)8(12)13/h5-6,14H,3-4H2,1-2H3,(H,10,11)(H,12,13). The smallest absolute Gasteiger partial charge is 0.337 e. The first-order chi connectivity index (χ1) is 6.34. The average Bonchev–Trinajstić information content (AvgIpc) is 2.78. The summed E-state index contributed by atoms with van der Waals surface area (Å²) in [6.07, 6.45) is 0.848. The third kappa shape index (κ3) is 2.45. The number of carboxylic acid groups (broad SMARTS) is 1. The minimum Gasteiger partial charge on any atom is -0.479 e. The fourth-order valence-corrected chi connectivity index (χ4v) is 1.15. The highest BCUT2D eigenvalue weighted by Crippen LogP contribution is 2.37. The zero-order valence-corrected chi connectivity index (χ0v) is 8.28. The molecule has 1 saturated carbocycles. The van der Waals surface area contributed by atoms with Crippen LogP contribution in [-0.4, -0.2) is 34.2 Å². The van der Waals surface area contributed by atoms with Crippen LogP contribution in [-0.2, 0) is 9.59 Å². The van der Waals surface area contributed by atoms with Crippen molar-refractivity contribution in [1.29, 1.82) is 0 Å². The van der Waals surface area contributed by atoms with Crippen molar-refractivity contribution in [2.45, 2.75) is 25.9 Å². The van der Waals surface area contributed by atoms with Crippen molar-refractivity contribution in [2.75, 3.05) is 6.54 Å². The van der Waals surface area contributed by atoms with Crippen molar-refractivity contribution in [1.82, 2.24) is 5.32 Å². The highest BCUT2D eigenvalue weighted by molar-refractivity contribution is 5.83. The second-order valence-electron chi connectivity index (χ2n) is 4.12. The Morgan fingerprint density at radius 3 is 2.43 bits per heavy atom. The third-order valence-corrected chi connectivity index (χ3v) is 2.51. The van der Waals surface area contributed by atoms with E-state index < -0.39 is 11.6 Å². The number of aliphatic carboxylic acids is 1. The van der Waals surface area contributed by atoms with Gasteiger partial charge in [0.25, 0.3) is 0 Å². The Hall–Kier alpha value is -1.10. The minimum atomic E-state index is -1.88. The van der Waals surface area contributed by atoms with Gasteiger partial charge in [0, 0.05) is 5.92 Å². The third-order valence-electron chi connectivity index (χ3n) is 2.51. The molecule has 0 bridgehead atoms. The lowest BCUT2D eigenvalue weighted by Crippen LogP contribution is -2.47. The number of carbonyl (C=O) groups is 2. The van der Waals surface area contributed by atoms with Crippen LogP contribution in [0.5, 0.6) is 0 Å². The number of hydrogen-bond acceptors (Lipinski definition) is 3. The van der Waals surface area contributed by atoms with Gasteiger partial charge in [0.15, 0.2) is 5.60 Å². The van der Waals surface area contributed by atoms with Crippen LogP contribution >= 0.6 is 0 Å². The van der Waals surface area contributed by atoms with Crippen LogP contribution < -0.4 is 5.32 Å². The fraction of sp³-hybridized carbons (Fsp3) is 0.778. The van der Waals surface area contributed by atoms with Gasteiger partial charge in [-0.15, -0.1) is 0 Å². The molecule has 1 rings (SSSR count). The zero-order valence-electron chi connectivity index (χ0n) is 8.28. The lowest BCUT2D eigenvalue weighted by Gasteiger charge is -2.18. The molecule has 3 unspecified atom stereocenters. The van der Waals surface area contributed by atoms with Crippen molar-refractivity contribution in [3.8, 4) is 0 Å². The summed E-state index contributed by atoms with van der Waals surface area (Å²) in [5.74, 6) is -1.12. The molecule has 5 nitrogen and oxygen atoms in total.